The number of benzene rings is 2. The van der Waals surface area contributed by atoms with Crippen LogP contribution >= 0.6 is 11.6 Å². The fourth-order valence-electron chi connectivity index (χ4n) is 2.97. The van der Waals surface area contributed by atoms with Crippen molar-refractivity contribution in [2.24, 2.45) is 0 Å². The highest BCUT2D eigenvalue weighted by molar-refractivity contribution is 6.53. The third-order valence-corrected chi connectivity index (χ3v) is 5.23. The van der Waals surface area contributed by atoms with Crippen LogP contribution in [0.25, 0.3) is 0 Å². The summed E-state index contributed by atoms with van der Waals surface area (Å²) in [6, 6.07) is 11.8. The number of carbonyl (C=O) groups excluding carboxylic acids is 3. The van der Waals surface area contributed by atoms with Crippen LogP contribution in [-0.2, 0) is 14.3 Å². The van der Waals surface area contributed by atoms with Gasteiger partial charge in [0.15, 0.2) is 0 Å². The maximum Gasteiger partial charge on any atom is 0.338 e. The highest BCUT2D eigenvalue weighted by Gasteiger charge is 2.39. The van der Waals surface area contributed by atoms with Gasteiger partial charge >= 0.3 is 5.97 Å². The molecule has 0 atom stereocenters. The molecule has 0 saturated heterocycles. The number of aryl methyl sites for hydroxylation is 2. The van der Waals surface area contributed by atoms with Gasteiger partial charge in [-0.15, -0.1) is 0 Å². The van der Waals surface area contributed by atoms with Crippen LogP contribution in [0.4, 0.5) is 11.4 Å². The lowest BCUT2D eigenvalue weighted by atomic mass is 10.1. The molecule has 156 valence electrons. The van der Waals surface area contributed by atoms with Crippen molar-refractivity contribution in [3.8, 4) is 0 Å². The van der Waals surface area contributed by atoms with Gasteiger partial charge in [0.25, 0.3) is 11.8 Å². The Hall–Kier alpha value is -3.12. The summed E-state index contributed by atoms with van der Waals surface area (Å²) in [5, 5.41) is 2.69. The van der Waals surface area contributed by atoms with Crippen molar-refractivity contribution in [1.29, 1.82) is 0 Å². The molecule has 0 fully saturated rings. The summed E-state index contributed by atoms with van der Waals surface area (Å²) in [6.07, 6.45) is 1.71. The number of rotatable bonds is 7. The number of nitrogens with zero attached hydrogens (tertiary/aromatic N) is 1. The van der Waals surface area contributed by atoms with Gasteiger partial charge < -0.3 is 10.1 Å². The van der Waals surface area contributed by atoms with Gasteiger partial charge in [0.05, 0.1) is 17.9 Å². The molecule has 30 heavy (non-hydrogen) atoms. The summed E-state index contributed by atoms with van der Waals surface area (Å²) >= 11 is 6.19. The average molecular weight is 427 g/mol. The van der Waals surface area contributed by atoms with Gasteiger partial charge in [-0.05, 0) is 61.7 Å². The van der Waals surface area contributed by atoms with Gasteiger partial charge in [0, 0.05) is 5.69 Å². The number of esters is 1. The van der Waals surface area contributed by atoms with Gasteiger partial charge in [0.1, 0.15) is 10.7 Å². The monoisotopic (exact) mass is 426 g/mol. The Morgan fingerprint density at radius 1 is 1.07 bits per heavy atom. The summed E-state index contributed by atoms with van der Waals surface area (Å²) < 4.78 is 5.21. The number of hydrogen-bond donors (Lipinski definition) is 1. The van der Waals surface area contributed by atoms with Crippen molar-refractivity contribution in [2.45, 2.75) is 33.6 Å². The van der Waals surface area contributed by atoms with Crippen LogP contribution in [0.15, 0.2) is 53.2 Å². The summed E-state index contributed by atoms with van der Waals surface area (Å²) in [6.45, 7) is 6.22. The SMILES string of the molecule is CCCCOC(=O)c1cccc(NC2=C(Cl)C(=O)N(c3ccc(C)c(C)c3)C2=O)c1. The first-order valence-corrected chi connectivity index (χ1v) is 10.1. The number of halogens is 1. The van der Waals surface area contributed by atoms with Crippen molar-refractivity contribution < 1.29 is 19.1 Å². The standard InChI is InChI=1S/C23H23ClN2O4/c1-4-5-11-30-23(29)16-7-6-8-17(13-16)25-20-19(24)21(27)26(22(20)28)18-10-9-14(2)15(3)12-18/h6-10,12-13,25H,4-5,11H2,1-3H3. The Kier molecular flexibility index (Phi) is 6.57. The molecule has 1 aliphatic heterocycles. The zero-order valence-corrected chi connectivity index (χ0v) is 17.9. The van der Waals surface area contributed by atoms with Crippen molar-refractivity contribution in [1.82, 2.24) is 0 Å². The molecule has 1 N–H and O–H groups in total. The molecule has 6 nitrogen and oxygen atoms in total. The largest absolute Gasteiger partial charge is 0.462 e. The second-order valence-corrected chi connectivity index (χ2v) is 7.48. The second kappa shape index (κ2) is 9.13. The van der Waals surface area contributed by atoms with Gasteiger partial charge in [0.2, 0.25) is 0 Å². The molecular weight excluding hydrogens is 404 g/mol. The molecule has 2 aromatic carbocycles. The van der Waals surface area contributed by atoms with E-state index in [4.69, 9.17) is 16.3 Å². The van der Waals surface area contributed by atoms with E-state index in [1.807, 2.05) is 26.8 Å². The minimum atomic E-state index is -0.595. The number of carbonyl (C=O) groups is 3. The first kappa shape index (κ1) is 21.6. The number of ether oxygens (including phenoxy) is 1. The molecule has 0 aliphatic carbocycles. The summed E-state index contributed by atoms with van der Waals surface area (Å²) in [4.78, 5) is 38.8. The number of imide groups is 1. The fraction of sp³-hybridized carbons (Fsp3) is 0.261. The molecule has 0 aromatic heterocycles. The van der Waals surface area contributed by atoms with E-state index < -0.39 is 17.8 Å². The van der Waals surface area contributed by atoms with Crippen molar-refractivity contribution in [3.05, 3.63) is 69.9 Å². The van der Waals surface area contributed by atoms with E-state index in [-0.39, 0.29) is 10.7 Å². The molecule has 0 saturated carbocycles. The molecule has 0 bridgehead atoms. The Bertz CT molecular complexity index is 1050. The van der Waals surface area contributed by atoms with Crippen molar-refractivity contribution in [2.75, 3.05) is 16.8 Å². The van der Waals surface area contributed by atoms with Crippen LogP contribution in [-0.4, -0.2) is 24.4 Å². The predicted molar refractivity (Wildman–Crippen MR) is 117 cm³/mol. The van der Waals surface area contributed by atoms with Crippen LogP contribution < -0.4 is 10.2 Å². The van der Waals surface area contributed by atoms with E-state index in [9.17, 15) is 14.4 Å². The molecule has 2 aromatic rings. The number of hydrogen-bond acceptors (Lipinski definition) is 5. The lowest BCUT2D eigenvalue weighted by molar-refractivity contribution is -0.120. The molecule has 1 aliphatic rings. The van der Waals surface area contributed by atoms with Crippen LogP contribution in [0.1, 0.15) is 41.3 Å². The highest BCUT2D eigenvalue weighted by atomic mass is 35.5. The quantitative estimate of drug-likeness (QED) is 0.394. The highest BCUT2D eigenvalue weighted by Crippen LogP contribution is 2.31. The van der Waals surface area contributed by atoms with E-state index in [0.29, 0.717) is 23.5 Å². The van der Waals surface area contributed by atoms with Gasteiger partial charge in [-0.3, -0.25) is 9.59 Å². The molecule has 7 heteroatoms. The van der Waals surface area contributed by atoms with E-state index in [0.717, 1.165) is 28.9 Å². The normalized spacial score (nSPS) is 13.8. The number of amides is 2. The molecular formula is C23H23ClN2O4. The second-order valence-electron chi connectivity index (χ2n) is 7.10. The summed E-state index contributed by atoms with van der Waals surface area (Å²) in [7, 11) is 0. The summed E-state index contributed by atoms with van der Waals surface area (Å²) in [5.74, 6) is -1.59. The third-order valence-electron chi connectivity index (χ3n) is 4.87. The predicted octanol–water partition coefficient (Wildman–Crippen LogP) is 4.70. The Morgan fingerprint density at radius 2 is 1.83 bits per heavy atom. The zero-order valence-electron chi connectivity index (χ0n) is 17.1. The molecule has 2 amide bonds. The topological polar surface area (TPSA) is 75.7 Å². The summed E-state index contributed by atoms with van der Waals surface area (Å²) in [5.41, 5.74) is 3.23. The number of nitrogens with one attached hydrogen (secondary N) is 1. The van der Waals surface area contributed by atoms with E-state index in [1.165, 1.54) is 0 Å². The average Bonchev–Trinajstić information content (AvgIpc) is 2.94. The lowest BCUT2D eigenvalue weighted by Gasteiger charge is -2.16. The Balaban J connectivity index is 1.80. The molecule has 0 radical (unpaired) electrons. The van der Waals surface area contributed by atoms with Gasteiger partial charge in [-0.25, -0.2) is 9.69 Å². The fourth-order valence-corrected chi connectivity index (χ4v) is 3.18. The van der Waals surface area contributed by atoms with Gasteiger partial charge in [-0.1, -0.05) is 37.1 Å². The van der Waals surface area contributed by atoms with E-state index >= 15 is 0 Å². The van der Waals surface area contributed by atoms with E-state index in [1.54, 1.807) is 36.4 Å². The minimum Gasteiger partial charge on any atom is -0.462 e. The smallest absolute Gasteiger partial charge is 0.338 e. The first-order chi connectivity index (χ1) is 14.3. The van der Waals surface area contributed by atoms with E-state index in [2.05, 4.69) is 5.32 Å². The van der Waals surface area contributed by atoms with Crippen LogP contribution in [0.2, 0.25) is 0 Å². The Morgan fingerprint density at radius 3 is 2.53 bits per heavy atom. The zero-order chi connectivity index (χ0) is 21.8. The van der Waals surface area contributed by atoms with Crippen LogP contribution in [0, 0.1) is 13.8 Å². The maximum absolute atomic E-state index is 12.9. The minimum absolute atomic E-state index is 0.0311. The molecule has 3 rings (SSSR count). The molecule has 1 heterocycles. The molecule has 0 unspecified atom stereocenters. The lowest BCUT2D eigenvalue weighted by Crippen LogP contribution is -2.32. The van der Waals surface area contributed by atoms with Crippen LogP contribution in [0.3, 0.4) is 0 Å². The van der Waals surface area contributed by atoms with Crippen LogP contribution in [0.5, 0.6) is 0 Å². The van der Waals surface area contributed by atoms with Crippen molar-refractivity contribution >= 4 is 40.8 Å². The number of unbranched alkanes of at least 4 members (excludes halogenated alkanes) is 1. The van der Waals surface area contributed by atoms with Crippen molar-refractivity contribution in [3.63, 3.8) is 0 Å². The molecule has 0 spiro atoms. The first-order valence-electron chi connectivity index (χ1n) is 9.73. The Labute approximate surface area is 180 Å². The maximum atomic E-state index is 12.9. The third kappa shape index (κ3) is 4.39. The number of anilines is 2. The van der Waals surface area contributed by atoms with Gasteiger partial charge in [-0.2, -0.15) is 0 Å².